The Morgan fingerprint density at radius 2 is 1.08 bits per heavy atom. The van der Waals surface area contributed by atoms with Crippen LogP contribution in [0.4, 0.5) is 0 Å². The summed E-state index contributed by atoms with van der Waals surface area (Å²) in [7, 11) is 0. The molecule has 0 nitrogen and oxygen atoms in total. The zero-order chi connectivity index (χ0) is 26.1. The van der Waals surface area contributed by atoms with Gasteiger partial charge in [-0.25, -0.2) is 0 Å². The van der Waals surface area contributed by atoms with E-state index in [-0.39, 0.29) is 5.41 Å². The second kappa shape index (κ2) is 8.29. The van der Waals surface area contributed by atoms with Crippen molar-refractivity contribution in [2.75, 3.05) is 0 Å². The van der Waals surface area contributed by atoms with Crippen LogP contribution in [0.25, 0.3) is 54.2 Å². The maximum absolute atomic E-state index is 2.44. The van der Waals surface area contributed by atoms with Crippen LogP contribution in [0.3, 0.4) is 0 Å². The van der Waals surface area contributed by atoms with E-state index >= 15 is 0 Å². The van der Waals surface area contributed by atoms with Crippen molar-refractivity contribution < 1.29 is 0 Å². The highest BCUT2D eigenvalue weighted by Gasteiger charge is 2.41. The molecule has 186 valence electrons. The van der Waals surface area contributed by atoms with E-state index in [4.69, 9.17) is 0 Å². The minimum atomic E-state index is 0.0632. The molecule has 0 saturated heterocycles. The van der Waals surface area contributed by atoms with Crippen molar-refractivity contribution in [2.24, 2.45) is 0 Å². The summed E-state index contributed by atoms with van der Waals surface area (Å²) >= 11 is 0. The van der Waals surface area contributed by atoms with Gasteiger partial charge >= 0.3 is 0 Å². The first-order valence-electron chi connectivity index (χ1n) is 14.0. The molecule has 39 heavy (non-hydrogen) atoms. The van der Waals surface area contributed by atoms with Gasteiger partial charge in [-0.05, 0) is 94.7 Å². The van der Waals surface area contributed by atoms with Crippen molar-refractivity contribution >= 4 is 43.1 Å². The monoisotopic (exact) mass is 498 g/mol. The van der Waals surface area contributed by atoms with Gasteiger partial charge in [0.1, 0.15) is 0 Å². The molecular formula is C39H30. The molecule has 0 bridgehead atoms. The first-order valence-corrected chi connectivity index (χ1v) is 14.0. The van der Waals surface area contributed by atoms with E-state index in [0.29, 0.717) is 5.92 Å². The molecule has 0 aliphatic heterocycles. The Bertz CT molecular complexity index is 2020. The third kappa shape index (κ3) is 3.25. The van der Waals surface area contributed by atoms with Gasteiger partial charge in [0.05, 0.1) is 0 Å². The van der Waals surface area contributed by atoms with Crippen molar-refractivity contribution in [3.05, 3.63) is 144 Å². The molecule has 7 aromatic carbocycles. The summed E-state index contributed by atoms with van der Waals surface area (Å²) in [5, 5.41) is 10.7. The number of fused-ring (bicyclic) bond motifs is 6. The smallest absolute Gasteiger partial charge is 0.00171 e. The third-order valence-corrected chi connectivity index (χ3v) is 9.36. The SMILES string of the molecule is CC1(C)c2ccccc2CC1c1c2ccccc2c(-c2ccc3c(ccc4ccccc43)c2)c2ccccc12. The molecule has 0 heteroatoms. The molecular weight excluding hydrogens is 468 g/mol. The first kappa shape index (κ1) is 22.6. The van der Waals surface area contributed by atoms with Crippen LogP contribution in [0.5, 0.6) is 0 Å². The van der Waals surface area contributed by atoms with Crippen LogP contribution >= 0.6 is 0 Å². The molecule has 1 aliphatic rings. The molecule has 0 saturated carbocycles. The summed E-state index contributed by atoms with van der Waals surface area (Å²) in [5.74, 6) is 0.418. The zero-order valence-corrected chi connectivity index (χ0v) is 22.4. The highest BCUT2D eigenvalue weighted by molar-refractivity contribution is 6.17. The Balaban J connectivity index is 1.43. The molecule has 0 spiro atoms. The lowest BCUT2D eigenvalue weighted by atomic mass is 9.72. The summed E-state index contributed by atoms with van der Waals surface area (Å²) in [5.41, 5.74) is 7.17. The molecule has 1 aliphatic carbocycles. The first-order chi connectivity index (χ1) is 19.1. The molecule has 0 fully saturated rings. The average Bonchev–Trinajstić information content (AvgIpc) is 3.25. The lowest BCUT2D eigenvalue weighted by Crippen LogP contribution is -2.23. The molecule has 0 heterocycles. The topological polar surface area (TPSA) is 0 Å². The van der Waals surface area contributed by atoms with E-state index in [1.54, 1.807) is 0 Å². The van der Waals surface area contributed by atoms with E-state index < -0.39 is 0 Å². The normalized spacial score (nSPS) is 16.3. The Hall–Kier alpha value is -4.42. The second-order valence-electron chi connectivity index (χ2n) is 11.7. The van der Waals surface area contributed by atoms with Crippen molar-refractivity contribution in [3.63, 3.8) is 0 Å². The Labute approximate surface area is 229 Å². The van der Waals surface area contributed by atoms with Crippen molar-refractivity contribution in [1.82, 2.24) is 0 Å². The number of hydrogen-bond acceptors (Lipinski definition) is 0. The molecule has 0 N–H and O–H groups in total. The molecule has 1 atom stereocenters. The highest BCUT2D eigenvalue weighted by atomic mass is 14.4. The van der Waals surface area contributed by atoms with Crippen LogP contribution < -0.4 is 0 Å². The van der Waals surface area contributed by atoms with Gasteiger partial charge in [-0.15, -0.1) is 0 Å². The quantitative estimate of drug-likeness (QED) is 0.164. The Kier molecular flexibility index (Phi) is 4.79. The van der Waals surface area contributed by atoms with Gasteiger partial charge < -0.3 is 0 Å². The largest absolute Gasteiger partial charge is 0.0620 e. The molecule has 0 radical (unpaired) electrons. The second-order valence-corrected chi connectivity index (χ2v) is 11.7. The van der Waals surface area contributed by atoms with Gasteiger partial charge in [-0.3, -0.25) is 0 Å². The van der Waals surface area contributed by atoms with E-state index in [1.165, 1.54) is 70.9 Å². The number of hydrogen-bond donors (Lipinski definition) is 0. The van der Waals surface area contributed by atoms with E-state index in [9.17, 15) is 0 Å². The lowest BCUT2D eigenvalue weighted by Gasteiger charge is -2.31. The van der Waals surface area contributed by atoms with Gasteiger partial charge in [0.15, 0.2) is 0 Å². The number of benzene rings is 7. The predicted molar refractivity (Wildman–Crippen MR) is 168 cm³/mol. The van der Waals surface area contributed by atoms with Gasteiger partial charge in [0.2, 0.25) is 0 Å². The van der Waals surface area contributed by atoms with E-state index in [2.05, 4.69) is 141 Å². The molecule has 7 aromatic rings. The minimum Gasteiger partial charge on any atom is -0.0620 e. The van der Waals surface area contributed by atoms with Crippen molar-refractivity contribution in [3.8, 4) is 11.1 Å². The predicted octanol–water partition coefficient (Wildman–Crippen LogP) is 10.6. The number of rotatable bonds is 2. The summed E-state index contributed by atoms with van der Waals surface area (Å²) in [6.45, 7) is 4.88. The van der Waals surface area contributed by atoms with Crippen molar-refractivity contribution in [1.29, 1.82) is 0 Å². The fourth-order valence-corrected chi connectivity index (χ4v) is 7.47. The summed E-state index contributed by atoms with van der Waals surface area (Å²) in [6, 6.07) is 47.5. The Morgan fingerprint density at radius 1 is 0.513 bits per heavy atom. The van der Waals surface area contributed by atoms with E-state index in [0.717, 1.165) is 6.42 Å². The maximum Gasteiger partial charge on any atom is -0.00171 e. The fourth-order valence-electron chi connectivity index (χ4n) is 7.47. The van der Waals surface area contributed by atoms with Gasteiger partial charge in [-0.1, -0.05) is 135 Å². The minimum absolute atomic E-state index is 0.0632. The maximum atomic E-state index is 2.44. The standard InChI is InChI=1S/C39H30/c1-39(2)35-18-10-4-12-27(35)24-36(39)38-33-16-8-6-14-31(33)37(32-15-7-9-17-34(32)38)28-21-22-30-26(23-28)20-19-25-11-3-5-13-29(25)30/h3-23,36H,24H2,1-2H3. The zero-order valence-electron chi connectivity index (χ0n) is 22.4. The van der Waals surface area contributed by atoms with Crippen LogP contribution in [0.1, 0.15) is 36.5 Å². The Morgan fingerprint density at radius 3 is 1.79 bits per heavy atom. The van der Waals surface area contributed by atoms with Crippen LogP contribution in [0.15, 0.2) is 127 Å². The van der Waals surface area contributed by atoms with Crippen LogP contribution in [-0.2, 0) is 11.8 Å². The van der Waals surface area contributed by atoms with Crippen LogP contribution in [0, 0.1) is 0 Å². The summed E-state index contributed by atoms with van der Waals surface area (Å²) < 4.78 is 0. The van der Waals surface area contributed by atoms with Gasteiger partial charge in [-0.2, -0.15) is 0 Å². The van der Waals surface area contributed by atoms with Gasteiger partial charge in [0.25, 0.3) is 0 Å². The lowest BCUT2D eigenvalue weighted by molar-refractivity contribution is 0.452. The third-order valence-electron chi connectivity index (χ3n) is 9.36. The van der Waals surface area contributed by atoms with Crippen molar-refractivity contribution in [2.45, 2.75) is 31.6 Å². The molecule has 1 unspecified atom stereocenters. The van der Waals surface area contributed by atoms with Gasteiger partial charge in [0, 0.05) is 0 Å². The average molecular weight is 499 g/mol. The summed E-state index contributed by atoms with van der Waals surface area (Å²) in [4.78, 5) is 0. The molecule has 8 rings (SSSR count). The molecule has 0 aromatic heterocycles. The van der Waals surface area contributed by atoms with Crippen LogP contribution in [-0.4, -0.2) is 0 Å². The molecule has 0 amide bonds. The van der Waals surface area contributed by atoms with Crippen LogP contribution in [0.2, 0.25) is 0 Å². The highest BCUT2D eigenvalue weighted by Crippen LogP contribution is 2.53. The summed E-state index contributed by atoms with van der Waals surface area (Å²) in [6.07, 6.45) is 1.08. The van der Waals surface area contributed by atoms with E-state index in [1.807, 2.05) is 0 Å². The fraction of sp³-hybridized carbons (Fsp3) is 0.128.